The Labute approximate surface area is 186 Å². The minimum atomic E-state index is -1.23. The number of rotatable bonds is 6. The Hall–Kier alpha value is -4.12. The molecular weight excluding hydrogens is 434 g/mol. The summed E-state index contributed by atoms with van der Waals surface area (Å²) < 4.78 is 5.19. The number of carbonyl (C=O) groups is 2. The van der Waals surface area contributed by atoms with Crippen LogP contribution in [-0.4, -0.2) is 49.2 Å². The van der Waals surface area contributed by atoms with E-state index >= 15 is 0 Å². The van der Waals surface area contributed by atoms with Gasteiger partial charge in [0.25, 0.3) is 5.82 Å². The summed E-state index contributed by atoms with van der Waals surface area (Å²) in [6, 6.07) is 10.8. The van der Waals surface area contributed by atoms with Gasteiger partial charge in [-0.2, -0.15) is 0 Å². The van der Waals surface area contributed by atoms with Crippen molar-refractivity contribution in [2.24, 2.45) is 0 Å². The van der Waals surface area contributed by atoms with Crippen molar-refractivity contribution in [3.63, 3.8) is 0 Å². The lowest BCUT2D eigenvalue weighted by molar-refractivity contribution is -0.734. The number of tetrazole rings is 1. The maximum Gasteiger partial charge on any atom is 0.364 e. The van der Waals surface area contributed by atoms with Gasteiger partial charge in [0, 0.05) is 15.5 Å². The molecule has 0 aliphatic carbocycles. The summed E-state index contributed by atoms with van der Waals surface area (Å²) in [4.78, 5) is 31.5. The molecule has 10 nitrogen and oxygen atoms in total. The van der Waals surface area contributed by atoms with Gasteiger partial charge in [0.2, 0.25) is 0 Å². The molecule has 0 radical (unpaired) electrons. The molecule has 0 atom stereocenters. The molecule has 2 heterocycles. The molecule has 0 saturated heterocycles. The van der Waals surface area contributed by atoms with Gasteiger partial charge < -0.3 is 14.9 Å². The predicted molar refractivity (Wildman–Crippen MR) is 114 cm³/mol. The Balaban J connectivity index is 1.98. The van der Waals surface area contributed by atoms with Crippen LogP contribution in [0.1, 0.15) is 31.3 Å². The Morgan fingerprint density at radius 3 is 2.34 bits per heavy atom. The highest BCUT2D eigenvalue weighted by atomic mass is 32.1. The normalized spacial score (nSPS) is 10.8. The summed E-state index contributed by atoms with van der Waals surface area (Å²) >= 11 is 1.36. The maximum absolute atomic E-state index is 11.9. The highest BCUT2D eigenvalue weighted by molar-refractivity contribution is 7.13. The van der Waals surface area contributed by atoms with Crippen molar-refractivity contribution >= 4 is 23.3 Å². The van der Waals surface area contributed by atoms with Gasteiger partial charge in [-0.25, -0.2) is 9.59 Å². The zero-order valence-electron chi connectivity index (χ0n) is 17.3. The lowest BCUT2D eigenvalue weighted by atomic mass is 10.1. The first-order valence-corrected chi connectivity index (χ1v) is 10.2. The minimum Gasteiger partial charge on any atom is -0.497 e. The van der Waals surface area contributed by atoms with Gasteiger partial charge in [0.15, 0.2) is 0 Å². The molecule has 32 heavy (non-hydrogen) atoms. The molecule has 4 aromatic rings. The van der Waals surface area contributed by atoms with Crippen LogP contribution in [0.2, 0.25) is 0 Å². The summed E-state index contributed by atoms with van der Waals surface area (Å²) in [5.41, 5.74) is 1.31. The average molecular weight is 452 g/mol. The lowest BCUT2D eigenvalue weighted by Gasteiger charge is -2.05. The fraction of sp³-hybridized carbons (Fsp3) is 0.143. The van der Waals surface area contributed by atoms with Crippen molar-refractivity contribution in [1.29, 1.82) is 0 Å². The van der Waals surface area contributed by atoms with Gasteiger partial charge in [0.05, 0.1) is 18.2 Å². The number of benzene rings is 2. The van der Waals surface area contributed by atoms with E-state index in [1.807, 2.05) is 13.8 Å². The average Bonchev–Trinajstić information content (AvgIpc) is 3.36. The molecule has 0 fully saturated rings. The van der Waals surface area contributed by atoms with E-state index in [2.05, 4.69) is 15.2 Å². The monoisotopic (exact) mass is 452 g/mol. The van der Waals surface area contributed by atoms with Gasteiger partial charge >= 0.3 is 17.1 Å². The first-order chi connectivity index (χ1) is 15.3. The standard InChI is InChI=1S/C21H17N5O5S/c1-11-12(2)32-21(22-11)26-24-18(13-4-7-15(31-3)8-5-13)23-25(26)17-10-14(19(27)28)6-9-16(17)20(29)30/h4-10H,1-3H3,(H-,27,28,29,30)/p+1. The molecule has 4 rings (SSSR count). The summed E-state index contributed by atoms with van der Waals surface area (Å²) in [5, 5.41) is 28.6. The summed E-state index contributed by atoms with van der Waals surface area (Å²) in [6.07, 6.45) is 0. The van der Waals surface area contributed by atoms with Crippen LogP contribution in [0.25, 0.3) is 22.2 Å². The fourth-order valence-corrected chi connectivity index (χ4v) is 3.82. The number of aryl methyl sites for hydroxylation is 2. The first kappa shape index (κ1) is 21.1. The Morgan fingerprint density at radius 2 is 1.78 bits per heavy atom. The van der Waals surface area contributed by atoms with E-state index in [1.165, 1.54) is 39.1 Å². The molecule has 0 unspecified atom stereocenters. The van der Waals surface area contributed by atoms with Crippen molar-refractivity contribution < 1.29 is 29.3 Å². The first-order valence-electron chi connectivity index (χ1n) is 9.38. The van der Waals surface area contributed by atoms with Gasteiger partial charge in [-0.3, -0.25) is 0 Å². The second-order valence-electron chi connectivity index (χ2n) is 6.81. The van der Waals surface area contributed by atoms with Crippen LogP contribution in [0.3, 0.4) is 0 Å². The molecule has 2 N–H and O–H groups in total. The topological polar surface area (TPSA) is 131 Å². The smallest absolute Gasteiger partial charge is 0.364 e. The Bertz CT molecular complexity index is 1320. The van der Waals surface area contributed by atoms with Gasteiger partial charge in [-0.05, 0) is 71.0 Å². The molecule has 0 saturated carbocycles. The molecular formula is C21H18N5O5S+. The van der Waals surface area contributed by atoms with Gasteiger partial charge in [-0.15, -0.1) is 0 Å². The maximum atomic E-state index is 11.9. The summed E-state index contributed by atoms with van der Waals surface area (Å²) in [5.74, 6) is -1.45. The van der Waals surface area contributed by atoms with Crippen LogP contribution in [0.5, 0.6) is 5.75 Å². The zero-order chi connectivity index (χ0) is 23.0. The van der Waals surface area contributed by atoms with E-state index in [1.54, 1.807) is 31.4 Å². The molecule has 0 aliphatic rings. The second kappa shape index (κ2) is 8.19. The SMILES string of the molecule is COc1ccc(-c2nn(-c3cc(C(=O)O)ccc3C(=O)O)[n+](-c3nc(C)c(C)s3)n2)cc1. The fourth-order valence-electron chi connectivity index (χ4n) is 2.97. The Kier molecular flexibility index (Phi) is 5.41. The highest BCUT2D eigenvalue weighted by Crippen LogP contribution is 2.23. The van der Waals surface area contributed by atoms with Crippen molar-refractivity contribution in [2.45, 2.75) is 13.8 Å². The molecule has 0 aliphatic heterocycles. The van der Waals surface area contributed by atoms with E-state index in [-0.39, 0.29) is 16.8 Å². The molecule has 0 spiro atoms. The number of carboxylic acid groups (broad SMARTS) is 2. The van der Waals surface area contributed by atoms with Crippen LogP contribution < -0.4 is 9.53 Å². The zero-order valence-corrected chi connectivity index (χ0v) is 18.1. The van der Waals surface area contributed by atoms with Crippen LogP contribution >= 0.6 is 11.3 Å². The molecule has 0 amide bonds. The number of carboxylic acids is 2. The molecule has 0 bridgehead atoms. The number of hydrogen-bond acceptors (Lipinski definition) is 7. The van der Waals surface area contributed by atoms with Crippen LogP contribution in [0.4, 0.5) is 0 Å². The summed E-state index contributed by atoms with van der Waals surface area (Å²) in [6.45, 7) is 3.77. The number of methoxy groups -OCH3 is 1. The number of aromatic nitrogens is 5. The third kappa shape index (κ3) is 3.81. The van der Waals surface area contributed by atoms with E-state index in [0.29, 0.717) is 22.3 Å². The highest BCUT2D eigenvalue weighted by Gasteiger charge is 2.28. The lowest BCUT2D eigenvalue weighted by Crippen LogP contribution is -2.43. The molecule has 11 heteroatoms. The van der Waals surface area contributed by atoms with Crippen LogP contribution in [-0.2, 0) is 0 Å². The van der Waals surface area contributed by atoms with E-state index in [9.17, 15) is 19.8 Å². The van der Waals surface area contributed by atoms with Crippen molar-refractivity contribution in [3.05, 3.63) is 64.2 Å². The van der Waals surface area contributed by atoms with E-state index in [4.69, 9.17) is 4.74 Å². The number of hydrogen-bond donors (Lipinski definition) is 2. The van der Waals surface area contributed by atoms with Gasteiger partial charge in [0.1, 0.15) is 17.1 Å². The molecule has 2 aromatic heterocycles. The number of thiazole rings is 1. The second-order valence-corrected chi connectivity index (χ2v) is 7.99. The van der Waals surface area contributed by atoms with Crippen molar-refractivity contribution in [1.82, 2.24) is 20.0 Å². The number of aromatic carboxylic acids is 2. The quantitative estimate of drug-likeness (QED) is 0.427. The van der Waals surface area contributed by atoms with E-state index < -0.39 is 11.9 Å². The largest absolute Gasteiger partial charge is 0.497 e. The van der Waals surface area contributed by atoms with Crippen LogP contribution in [0, 0.1) is 13.8 Å². The number of ether oxygens (including phenoxy) is 1. The van der Waals surface area contributed by atoms with Gasteiger partial charge in [-0.1, -0.05) is 16.3 Å². The van der Waals surface area contributed by atoms with Crippen molar-refractivity contribution in [3.8, 4) is 28.0 Å². The third-order valence-electron chi connectivity index (χ3n) is 4.79. The number of nitrogens with zero attached hydrogens (tertiary/aromatic N) is 5. The van der Waals surface area contributed by atoms with Crippen molar-refractivity contribution in [2.75, 3.05) is 7.11 Å². The van der Waals surface area contributed by atoms with Crippen LogP contribution in [0.15, 0.2) is 42.5 Å². The third-order valence-corrected chi connectivity index (χ3v) is 5.82. The molecule has 162 valence electrons. The summed E-state index contributed by atoms with van der Waals surface area (Å²) in [7, 11) is 1.56. The molecule has 2 aromatic carbocycles. The minimum absolute atomic E-state index is 0.0511. The Morgan fingerprint density at radius 1 is 1.06 bits per heavy atom. The van der Waals surface area contributed by atoms with E-state index in [0.717, 1.165) is 10.6 Å². The predicted octanol–water partition coefficient (Wildman–Crippen LogP) is 2.69.